The van der Waals surface area contributed by atoms with Crippen molar-refractivity contribution in [2.75, 3.05) is 33.4 Å². The van der Waals surface area contributed by atoms with Gasteiger partial charge in [-0.15, -0.1) is 23.7 Å². The molecule has 0 fully saturated rings. The van der Waals surface area contributed by atoms with E-state index in [1.165, 1.54) is 11.3 Å². The fourth-order valence-corrected chi connectivity index (χ4v) is 4.38. The SMILES string of the molecule is COCCNCCNC(=O)c1sc2nc3n(c(=O)c2c1C)CCCCC3.Cl. The smallest absolute Gasteiger partial charge is 0.262 e. The molecular formula is C18H27ClN4O3S. The van der Waals surface area contributed by atoms with Crippen LogP contribution in [0.1, 0.15) is 40.3 Å². The van der Waals surface area contributed by atoms with Gasteiger partial charge in [-0.3, -0.25) is 14.2 Å². The third-order valence-corrected chi connectivity index (χ3v) is 5.87. The molecule has 0 bridgehead atoms. The van der Waals surface area contributed by atoms with Crippen LogP contribution in [0.2, 0.25) is 0 Å². The monoisotopic (exact) mass is 414 g/mol. The first-order valence-electron chi connectivity index (χ1n) is 9.14. The third kappa shape index (κ3) is 4.87. The van der Waals surface area contributed by atoms with E-state index in [0.717, 1.165) is 50.2 Å². The second-order valence-electron chi connectivity index (χ2n) is 6.53. The molecule has 0 unspecified atom stereocenters. The number of ether oxygens (including phenoxy) is 1. The number of thiophene rings is 1. The molecule has 1 aliphatic heterocycles. The number of aryl methyl sites for hydroxylation is 2. The fraction of sp³-hybridized carbons (Fsp3) is 0.611. The van der Waals surface area contributed by atoms with Gasteiger partial charge in [0, 0.05) is 39.7 Å². The quantitative estimate of drug-likeness (QED) is 0.675. The molecule has 0 spiro atoms. The van der Waals surface area contributed by atoms with Crippen LogP contribution in [0, 0.1) is 6.92 Å². The van der Waals surface area contributed by atoms with Gasteiger partial charge in [0.15, 0.2) is 0 Å². The number of carbonyl (C=O) groups is 1. The fourth-order valence-electron chi connectivity index (χ4n) is 3.27. The van der Waals surface area contributed by atoms with Gasteiger partial charge in [0.25, 0.3) is 11.5 Å². The van der Waals surface area contributed by atoms with Crippen molar-refractivity contribution >= 4 is 39.9 Å². The molecule has 0 radical (unpaired) electrons. The van der Waals surface area contributed by atoms with Crippen molar-refractivity contribution in [3.63, 3.8) is 0 Å². The highest BCUT2D eigenvalue weighted by Crippen LogP contribution is 2.28. The molecule has 9 heteroatoms. The average Bonchev–Trinajstić information content (AvgIpc) is 2.80. The predicted octanol–water partition coefficient (Wildman–Crippen LogP) is 1.88. The zero-order valence-electron chi connectivity index (χ0n) is 15.8. The van der Waals surface area contributed by atoms with Crippen LogP contribution in [0.4, 0.5) is 0 Å². The maximum atomic E-state index is 12.9. The molecule has 150 valence electrons. The summed E-state index contributed by atoms with van der Waals surface area (Å²) in [7, 11) is 1.66. The molecule has 2 N–H and O–H groups in total. The van der Waals surface area contributed by atoms with Gasteiger partial charge in [-0.1, -0.05) is 6.42 Å². The number of methoxy groups -OCH3 is 1. The number of amides is 1. The largest absolute Gasteiger partial charge is 0.383 e. The Bertz CT molecular complexity index is 849. The van der Waals surface area contributed by atoms with Gasteiger partial charge in [-0.05, 0) is 25.3 Å². The zero-order chi connectivity index (χ0) is 18.5. The summed E-state index contributed by atoms with van der Waals surface area (Å²) in [6.45, 7) is 5.16. The molecular weight excluding hydrogens is 388 g/mol. The van der Waals surface area contributed by atoms with Crippen LogP contribution in [-0.4, -0.2) is 48.8 Å². The van der Waals surface area contributed by atoms with E-state index >= 15 is 0 Å². The number of nitrogens with one attached hydrogen (secondary N) is 2. The number of rotatable bonds is 7. The Morgan fingerprint density at radius 3 is 2.85 bits per heavy atom. The van der Waals surface area contributed by atoms with Crippen molar-refractivity contribution in [3.8, 4) is 0 Å². The Hall–Kier alpha value is -1.48. The molecule has 0 saturated heterocycles. The maximum absolute atomic E-state index is 12.9. The minimum absolute atomic E-state index is 0. The number of nitrogens with zero attached hydrogens (tertiary/aromatic N) is 2. The Balaban J connectivity index is 0.00000261. The van der Waals surface area contributed by atoms with Crippen molar-refractivity contribution in [1.29, 1.82) is 0 Å². The lowest BCUT2D eigenvalue weighted by Gasteiger charge is -2.08. The molecule has 7 nitrogen and oxygen atoms in total. The van der Waals surface area contributed by atoms with Gasteiger partial charge in [0.2, 0.25) is 0 Å². The van der Waals surface area contributed by atoms with Crippen molar-refractivity contribution in [1.82, 2.24) is 20.2 Å². The van der Waals surface area contributed by atoms with Crippen molar-refractivity contribution < 1.29 is 9.53 Å². The number of halogens is 1. The average molecular weight is 415 g/mol. The molecule has 0 atom stereocenters. The first-order chi connectivity index (χ1) is 12.6. The summed E-state index contributed by atoms with van der Waals surface area (Å²) in [5.74, 6) is 0.717. The van der Waals surface area contributed by atoms with E-state index in [2.05, 4.69) is 10.6 Å². The van der Waals surface area contributed by atoms with Gasteiger partial charge in [0.05, 0.1) is 16.9 Å². The van der Waals surface area contributed by atoms with Crippen LogP contribution in [0.15, 0.2) is 4.79 Å². The Morgan fingerprint density at radius 1 is 1.26 bits per heavy atom. The summed E-state index contributed by atoms with van der Waals surface area (Å²) >= 11 is 1.32. The van der Waals surface area contributed by atoms with E-state index in [0.29, 0.717) is 34.8 Å². The molecule has 3 heterocycles. The highest BCUT2D eigenvalue weighted by Gasteiger charge is 2.21. The van der Waals surface area contributed by atoms with Crippen molar-refractivity contribution in [2.45, 2.75) is 39.2 Å². The number of fused-ring (bicyclic) bond motifs is 2. The highest BCUT2D eigenvalue weighted by atomic mass is 35.5. The zero-order valence-corrected chi connectivity index (χ0v) is 17.4. The van der Waals surface area contributed by atoms with E-state index in [9.17, 15) is 9.59 Å². The molecule has 3 rings (SSSR count). The molecule has 2 aromatic heterocycles. The van der Waals surface area contributed by atoms with Crippen LogP contribution >= 0.6 is 23.7 Å². The number of hydrogen-bond acceptors (Lipinski definition) is 6. The first-order valence-corrected chi connectivity index (χ1v) is 9.95. The summed E-state index contributed by atoms with van der Waals surface area (Å²) in [5, 5.41) is 6.69. The van der Waals surface area contributed by atoms with E-state index in [-0.39, 0.29) is 23.9 Å². The van der Waals surface area contributed by atoms with Gasteiger partial charge < -0.3 is 15.4 Å². The van der Waals surface area contributed by atoms with Gasteiger partial charge >= 0.3 is 0 Å². The topological polar surface area (TPSA) is 85.2 Å². The van der Waals surface area contributed by atoms with Gasteiger partial charge in [-0.2, -0.15) is 0 Å². The summed E-state index contributed by atoms with van der Waals surface area (Å²) in [4.78, 5) is 31.4. The second-order valence-corrected chi connectivity index (χ2v) is 7.53. The van der Waals surface area contributed by atoms with Crippen LogP contribution in [-0.2, 0) is 17.7 Å². The Morgan fingerprint density at radius 2 is 2.07 bits per heavy atom. The first kappa shape index (κ1) is 21.8. The van der Waals surface area contributed by atoms with Crippen LogP contribution in [0.25, 0.3) is 10.2 Å². The van der Waals surface area contributed by atoms with E-state index in [4.69, 9.17) is 9.72 Å². The normalized spacial score (nSPS) is 13.7. The number of hydrogen-bond donors (Lipinski definition) is 2. The summed E-state index contributed by atoms with van der Waals surface area (Å²) < 4.78 is 6.76. The lowest BCUT2D eigenvalue weighted by Crippen LogP contribution is -2.33. The molecule has 0 aromatic carbocycles. The minimum atomic E-state index is -0.140. The van der Waals surface area contributed by atoms with Crippen molar-refractivity contribution in [3.05, 3.63) is 26.6 Å². The molecule has 1 aliphatic rings. The second kappa shape index (κ2) is 10.2. The molecule has 27 heavy (non-hydrogen) atoms. The number of aromatic nitrogens is 2. The van der Waals surface area contributed by atoms with Crippen molar-refractivity contribution in [2.24, 2.45) is 0 Å². The van der Waals surface area contributed by atoms with Crippen LogP contribution in [0.3, 0.4) is 0 Å². The lowest BCUT2D eigenvalue weighted by atomic mass is 10.2. The molecule has 2 aromatic rings. The Kier molecular flexibility index (Phi) is 8.22. The summed E-state index contributed by atoms with van der Waals surface area (Å²) in [6.07, 6.45) is 4.02. The van der Waals surface area contributed by atoms with Crippen LogP contribution < -0.4 is 16.2 Å². The minimum Gasteiger partial charge on any atom is -0.383 e. The number of carbonyl (C=O) groups excluding carboxylic acids is 1. The third-order valence-electron chi connectivity index (χ3n) is 4.69. The van der Waals surface area contributed by atoms with Gasteiger partial charge in [0.1, 0.15) is 10.7 Å². The van der Waals surface area contributed by atoms with Gasteiger partial charge in [-0.25, -0.2) is 4.98 Å². The summed E-state index contributed by atoms with van der Waals surface area (Å²) in [6, 6.07) is 0. The van der Waals surface area contributed by atoms with E-state index in [1.54, 1.807) is 11.7 Å². The maximum Gasteiger partial charge on any atom is 0.262 e. The molecule has 1 amide bonds. The predicted molar refractivity (Wildman–Crippen MR) is 110 cm³/mol. The van der Waals surface area contributed by atoms with E-state index < -0.39 is 0 Å². The lowest BCUT2D eigenvalue weighted by molar-refractivity contribution is 0.0957. The highest BCUT2D eigenvalue weighted by molar-refractivity contribution is 7.20. The molecule has 0 saturated carbocycles. The van der Waals surface area contributed by atoms with Crippen LogP contribution in [0.5, 0.6) is 0 Å². The standard InChI is InChI=1S/C18H26N4O3S.ClH/c1-12-14-17(21-13-6-4-3-5-10-22(13)18(14)24)26-15(12)16(23)20-8-7-19-9-11-25-2;/h19H,3-11H2,1-2H3,(H,20,23);1H. The van der Waals surface area contributed by atoms with E-state index in [1.807, 2.05) is 6.92 Å². The molecule has 0 aliphatic carbocycles. The Labute approximate surface area is 168 Å². The summed E-state index contributed by atoms with van der Waals surface area (Å²) in [5.41, 5.74) is 0.743.